The molecule has 0 saturated heterocycles. The summed E-state index contributed by atoms with van der Waals surface area (Å²) in [7, 11) is -2.06. The molecule has 1 unspecified atom stereocenters. The van der Waals surface area contributed by atoms with Crippen molar-refractivity contribution in [1.82, 2.24) is 20.6 Å². The lowest BCUT2D eigenvalue weighted by Gasteiger charge is -2.44. The van der Waals surface area contributed by atoms with Gasteiger partial charge in [-0.15, -0.1) is 0 Å². The van der Waals surface area contributed by atoms with Crippen LogP contribution in [0.4, 0.5) is 9.18 Å². The topological polar surface area (TPSA) is 154 Å². The fourth-order valence-corrected chi connectivity index (χ4v) is 6.60. The molecule has 5 N–H and O–H groups in total. The van der Waals surface area contributed by atoms with Crippen molar-refractivity contribution in [2.75, 3.05) is 6.61 Å². The number of aromatic amines is 1. The van der Waals surface area contributed by atoms with Crippen LogP contribution in [0.2, 0.25) is 18.1 Å². The highest BCUT2D eigenvalue weighted by Crippen LogP contribution is 2.50. The third-order valence-electron chi connectivity index (χ3n) is 8.77. The SMILES string of the molecule is CC(C)(C)C(NC(=O)O)[C@]1(c2nc(C(=O)NCc3ccc(F)cc3)c(O)c(=O)[nH]2)CC[C@H](CO[Si](C)(C)C(C)(C)C)C1. The van der Waals surface area contributed by atoms with E-state index in [1.807, 2.05) is 20.8 Å². The quantitative estimate of drug-likeness (QED) is 0.244. The second-order valence-electron chi connectivity index (χ2n) is 14.0. The highest BCUT2D eigenvalue weighted by molar-refractivity contribution is 6.74. The summed E-state index contributed by atoms with van der Waals surface area (Å²) in [5.74, 6) is -1.84. The van der Waals surface area contributed by atoms with Gasteiger partial charge in [0, 0.05) is 24.6 Å². The minimum Gasteiger partial charge on any atom is -0.501 e. The third-order valence-corrected chi connectivity index (χ3v) is 13.3. The zero-order chi connectivity index (χ0) is 31.7. The van der Waals surface area contributed by atoms with Crippen LogP contribution in [0.1, 0.15) is 82.7 Å². The van der Waals surface area contributed by atoms with Crippen LogP contribution in [0.3, 0.4) is 0 Å². The van der Waals surface area contributed by atoms with Gasteiger partial charge in [0.1, 0.15) is 11.6 Å². The molecule has 232 valence electrons. The normalized spacial score (nSPS) is 20.3. The summed E-state index contributed by atoms with van der Waals surface area (Å²) in [5.41, 5.74) is -2.33. The van der Waals surface area contributed by atoms with E-state index < -0.39 is 60.0 Å². The van der Waals surface area contributed by atoms with E-state index in [1.165, 1.54) is 24.3 Å². The summed E-state index contributed by atoms with van der Waals surface area (Å²) in [6, 6.07) is 4.86. The first-order valence-corrected chi connectivity index (χ1v) is 17.2. The van der Waals surface area contributed by atoms with Gasteiger partial charge in [0.05, 0.1) is 0 Å². The van der Waals surface area contributed by atoms with Crippen molar-refractivity contribution in [2.24, 2.45) is 11.3 Å². The number of carbonyl (C=O) groups excluding carboxylic acids is 1. The predicted molar refractivity (Wildman–Crippen MR) is 161 cm³/mol. The highest BCUT2D eigenvalue weighted by Gasteiger charge is 2.53. The maximum absolute atomic E-state index is 13.3. The first-order valence-electron chi connectivity index (χ1n) is 14.3. The fraction of sp³-hybridized carbons (Fsp3) is 0.600. The molecule has 2 aromatic rings. The van der Waals surface area contributed by atoms with Crippen molar-refractivity contribution in [1.29, 1.82) is 0 Å². The maximum Gasteiger partial charge on any atom is 0.404 e. The summed E-state index contributed by atoms with van der Waals surface area (Å²) in [6.45, 7) is 17.1. The van der Waals surface area contributed by atoms with E-state index in [0.717, 1.165) is 0 Å². The lowest BCUT2D eigenvalue weighted by molar-refractivity contribution is 0.0938. The lowest BCUT2D eigenvalue weighted by atomic mass is 9.66. The summed E-state index contributed by atoms with van der Waals surface area (Å²) in [4.78, 5) is 45.3. The molecule has 42 heavy (non-hydrogen) atoms. The maximum atomic E-state index is 13.3. The van der Waals surface area contributed by atoms with E-state index in [1.54, 1.807) is 0 Å². The number of halogens is 1. The predicted octanol–water partition coefficient (Wildman–Crippen LogP) is 5.29. The van der Waals surface area contributed by atoms with Gasteiger partial charge in [-0.3, -0.25) is 9.59 Å². The Morgan fingerprint density at radius 1 is 1.19 bits per heavy atom. The van der Waals surface area contributed by atoms with Gasteiger partial charge in [-0.1, -0.05) is 53.7 Å². The van der Waals surface area contributed by atoms with Crippen molar-refractivity contribution >= 4 is 20.3 Å². The minimum atomic E-state index is -2.06. The Balaban J connectivity index is 2.03. The Bertz CT molecular complexity index is 1350. The molecule has 1 aromatic heterocycles. The Morgan fingerprint density at radius 2 is 1.81 bits per heavy atom. The summed E-state index contributed by atoms with van der Waals surface area (Å²) < 4.78 is 19.8. The number of carboxylic acid groups (broad SMARTS) is 1. The van der Waals surface area contributed by atoms with E-state index in [-0.39, 0.29) is 23.3 Å². The zero-order valence-electron chi connectivity index (χ0n) is 25.9. The van der Waals surface area contributed by atoms with Crippen molar-refractivity contribution in [3.63, 3.8) is 0 Å². The molecule has 3 rings (SSSR count). The van der Waals surface area contributed by atoms with Gasteiger partial charge < -0.3 is 30.3 Å². The molecule has 1 fully saturated rings. The number of H-pyrrole nitrogens is 1. The lowest BCUT2D eigenvalue weighted by Crippen LogP contribution is -2.57. The van der Waals surface area contributed by atoms with Crippen LogP contribution in [-0.2, 0) is 16.4 Å². The van der Waals surface area contributed by atoms with Gasteiger partial charge in [0.25, 0.3) is 11.5 Å². The Labute approximate surface area is 247 Å². The smallest absolute Gasteiger partial charge is 0.404 e. The van der Waals surface area contributed by atoms with E-state index in [2.05, 4.69) is 54.5 Å². The average Bonchev–Trinajstić information content (AvgIpc) is 3.30. The van der Waals surface area contributed by atoms with Crippen LogP contribution in [0.5, 0.6) is 5.75 Å². The molecule has 1 saturated carbocycles. The third kappa shape index (κ3) is 7.38. The monoisotopic (exact) mass is 604 g/mol. The Morgan fingerprint density at radius 3 is 2.36 bits per heavy atom. The molecule has 1 heterocycles. The minimum absolute atomic E-state index is 0.0153. The standard InChI is InChI=1S/C30H45FN4O6Si/c1-28(2,3)25(35-27(39)40)30(14-13-19(15-30)17-41-42(7,8)29(4,5)6)26-33-21(22(36)24(38)34-26)23(37)32-16-18-9-11-20(31)12-10-18/h9-12,19,25,35-36H,13-17H2,1-8H3,(H,32,37)(H,39,40)(H,33,34,38)/t19-,25?,30-/m0/s1. The molecule has 3 atom stereocenters. The number of rotatable bonds is 9. The highest BCUT2D eigenvalue weighted by atomic mass is 28.4. The van der Waals surface area contributed by atoms with E-state index in [4.69, 9.17) is 4.43 Å². The molecule has 1 aliphatic rings. The van der Waals surface area contributed by atoms with E-state index in [9.17, 15) is 29.0 Å². The van der Waals surface area contributed by atoms with E-state index in [0.29, 0.717) is 31.4 Å². The Kier molecular flexibility index (Phi) is 9.63. The molecule has 0 spiro atoms. The number of aromatic nitrogens is 2. The summed E-state index contributed by atoms with van der Waals surface area (Å²) in [5, 5.41) is 25.7. The largest absolute Gasteiger partial charge is 0.501 e. The molecule has 10 nitrogen and oxygen atoms in total. The number of carbonyl (C=O) groups is 2. The van der Waals surface area contributed by atoms with Gasteiger partial charge in [0.2, 0.25) is 5.75 Å². The molecular formula is C30H45FN4O6Si. The first kappa shape index (κ1) is 33.3. The Hall–Kier alpha value is -3.25. The van der Waals surface area contributed by atoms with Gasteiger partial charge in [-0.2, -0.15) is 0 Å². The molecular weight excluding hydrogens is 559 g/mol. The van der Waals surface area contributed by atoms with Gasteiger partial charge in [0.15, 0.2) is 14.0 Å². The number of nitrogens with zero attached hydrogens (tertiary/aromatic N) is 1. The van der Waals surface area contributed by atoms with Crippen LogP contribution in [0.25, 0.3) is 0 Å². The fourth-order valence-electron chi connectivity index (χ4n) is 5.52. The summed E-state index contributed by atoms with van der Waals surface area (Å²) >= 11 is 0. The van der Waals surface area contributed by atoms with Gasteiger partial charge >= 0.3 is 6.09 Å². The van der Waals surface area contributed by atoms with Crippen molar-refractivity contribution in [3.05, 3.63) is 57.5 Å². The number of nitrogens with one attached hydrogen (secondary N) is 3. The molecule has 1 aliphatic carbocycles. The van der Waals surface area contributed by atoms with Gasteiger partial charge in [-0.25, -0.2) is 14.2 Å². The number of aromatic hydroxyl groups is 1. The molecule has 12 heteroatoms. The van der Waals surface area contributed by atoms with Gasteiger partial charge in [-0.05, 0) is 66.4 Å². The summed E-state index contributed by atoms with van der Waals surface area (Å²) in [6.07, 6.45) is 0.409. The van der Waals surface area contributed by atoms with Crippen LogP contribution in [-0.4, -0.2) is 53.1 Å². The second kappa shape index (κ2) is 12.2. The number of amides is 2. The van der Waals surface area contributed by atoms with Crippen molar-refractivity contribution in [2.45, 2.75) is 96.9 Å². The first-order chi connectivity index (χ1) is 19.3. The average molecular weight is 605 g/mol. The van der Waals surface area contributed by atoms with Crippen LogP contribution >= 0.6 is 0 Å². The van der Waals surface area contributed by atoms with Crippen molar-refractivity contribution in [3.8, 4) is 5.75 Å². The molecule has 1 aromatic carbocycles. The molecule has 2 amide bonds. The molecule has 0 radical (unpaired) electrons. The number of hydrogen-bond acceptors (Lipinski definition) is 6. The number of hydrogen-bond donors (Lipinski definition) is 5. The van der Waals surface area contributed by atoms with Crippen LogP contribution in [0.15, 0.2) is 29.1 Å². The second-order valence-corrected chi connectivity index (χ2v) is 18.8. The number of benzene rings is 1. The molecule has 0 bridgehead atoms. The molecule has 0 aliphatic heterocycles. The van der Waals surface area contributed by atoms with Crippen molar-refractivity contribution < 1.29 is 28.6 Å². The van der Waals surface area contributed by atoms with Crippen LogP contribution in [0, 0.1) is 17.2 Å². The van der Waals surface area contributed by atoms with E-state index >= 15 is 0 Å². The van der Waals surface area contributed by atoms with Crippen LogP contribution < -0.4 is 16.2 Å². The zero-order valence-corrected chi connectivity index (χ0v) is 26.9.